The summed E-state index contributed by atoms with van der Waals surface area (Å²) in [5.41, 5.74) is 16.3. The molecule has 0 aliphatic carbocycles. The summed E-state index contributed by atoms with van der Waals surface area (Å²) in [6.07, 6.45) is -5.49. The van der Waals surface area contributed by atoms with E-state index in [4.69, 9.17) is 15.8 Å². The second kappa shape index (κ2) is 5.52. The van der Waals surface area contributed by atoms with Gasteiger partial charge in [-0.3, -0.25) is 0 Å². The van der Waals surface area contributed by atoms with E-state index in [2.05, 4.69) is 20.1 Å². The van der Waals surface area contributed by atoms with E-state index in [1.165, 1.54) is 0 Å². The number of ether oxygens (including phenoxy) is 1. The van der Waals surface area contributed by atoms with Crippen LogP contribution in [0.3, 0.4) is 0 Å². The van der Waals surface area contributed by atoms with Crippen molar-refractivity contribution >= 4 is 0 Å². The van der Waals surface area contributed by atoms with Crippen LogP contribution in [0.25, 0.3) is 20.9 Å². The van der Waals surface area contributed by atoms with Gasteiger partial charge in [0, 0.05) is 9.82 Å². The average Bonchev–Trinajstić information content (AvgIpc) is 2.27. The van der Waals surface area contributed by atoms with Gasteiger partial charge >= 0.3 is 0 Å². The van der Waals surface area contributed by atoms with Crippen molar-refractivity contribution < 1.29 is 20.1 Å². The SMILES string of the molecule is [N-]=[N+]=NC[C@@H]1O[C@H](O)[C@H](O)[C@@H](N=[N+]=[N-])[C@@H]1O. The van der Waals surface area contributed by atoms with Crippen LogP contribution < -0.4 is 0 Å². The third kappa shape index (κ3) is 2.52. The maximum absolute atomic E-state index is 9.63. The Hall–Kier alpha value is -1.54. The smallest absolute Gasteiger partial charge is 0.181 e. The van der Waals surface area contributed by atoms with E-state index in [9.17, 15) is 15.3 Å². The molecule has 0 radical (unpaired) electrons. The minimum atomic E-state index is -1.60. The largest absolute Gasteiger partial charge is 0.390 e. The topological polar surface area (TPSA) is 167 Å². The molecule has 5 atom stereocenters. The third-order valence-electron chi connectivity index (χ3n) is 2.20. The molecule has 1 aliphatic rings. The molecule has 1 fully saturated rings. The fraction of sp³-hybridized carbons (Fsp3) is 1.00. The van der Waals surface area contributed by atoms with Crippen LogP contribution in [-0.2, 0) is 4.74 Å². The molecule has 16 heavy (non-hydrogen) atoms. The molecule has 1 aliphatic heterocycles. The number of aliphatic hydroxyl groups is 3. The van der Waals surface area contributed by atoms with Gasteiger partial charge in [0.05, 0.1) is 24.8 Å². The Balaban J connectivity index is 2.83. The van der Waals surface area contributed by atoms with E-state index in [-0.39, 0.29) is 6.54 Å². The maximum atomic E-state index is 9.63. The Kier molecular flexibility index (Phi) is 4.32. The fourth-order valence-corrected chi connectivity index (χ4v) is 1.39. The van der Waals surface area contributed by atoms with Gasteiger partial charge in [-0.2, -0.15) is 0 Å². The van der Waals surface area contributed by atoms with Crippen molar-refractivity contribution in [2.24, 2.45) is 10.2 Å². The lowest BCUT2D eigenvalue weighted by molar-refractivity contribution is -0.249. The molecular weight excluding hydrogens is 220 g/mol. The first-order valence-corrected chi connectivity index (χ1v) is 4.36. The molecule has 1 heterocycles. The van der Waals surface area contributed by atoms with Crippen LogP contribution in [0.5, 0.6) is 0 Å². The number of aliphatic hydroxyl groups excluding tert-OH is 3. The van der Waals surface area contributed by atoms with Gasteiger partial charge in [0.2, 0.25) is 0 Å². The normalized spacial score (nSPS) is 38.3. The second-order valence-corrected chi connectivity index (χ2v) is 3.16. The zero-order valence-electron chi connectivity index (χ0n) is 8.03. The second-order valence-electron chi connectivity index (χ2n) is 3.16. The van der Waals surface area contributed by atoms with Crippen LogP contribution in [0.1, 0.15) is 0 Å². The predicted octanol–water partition coefficient (Wildman–Crippen LogP) is -0.585. The summed E-state index contributed by atoms with van der Waals surface area (Å²) < 4.78 is 4.80. The van der Waals surface area contributed by atoms with Crippen LogP contribution in [0.4, 0.5) is 0 Å². The lowest BCUT2D eigenvalue weighted by Gasteiger charge is -2.38. The zero-order chi connectivity index (χ0) is 12.1. The average molecular weight is 230 g/mol. The summed E-state index contributed by atoms with van der Waals surface area (Å²) in [5, 5.41) is 34.6. The minimum Gasteiger partial charge on any atom is -0.390 e. The molecule has 0 saturated carbocycles. The summed E-state index contributed by atoms with van der Waals surface area (Å²) in [7, 11) is 0. The molecule has 88 valence electrons. The number of rotatable bonds is 3. The highest BCUT2D eigenvalue weighted by Gasteiger charge is 2.43. The fourth-order valence-electron chi connectivity index (χ4n) is 1.39. The van der Waals surface area contributed by atoms with E-state index >= 15 is 0 Å². The lowest BCUT2D eigenvalue weighted by atomic mass is 9.97. The van der Waals surface area contributed by atoms with Crippen molar-refractivity contribution in [3.05, 3.63) is 20.9 Å². The summed E-state index contributed by atoms with van der Waals surface area (Å²) in [6.45, 7) is -0.237. The third-order valence-corrected chi connectivity index (χ3v) is 2.20. The quantitative estimate of drug-likeness (QED) is 0.335. The van der Waals surface area contributed by atoms with E-state index < -0.39 is 30.6 Å². The monoisotopic (exact) mass is 230 g/mol. The van der Waals surface area contributed by atoms with Crippen molar-refractivity contribution in [2.75, 3.05) is 6.54 Å². The molecule has 0 bridgehead atoms. The molecule has 1 saturated heterocycles. The molecule has 10 heteroatoms. The highest BCUT2D eigenvalue weighted by atomic mass is 16.6. The Morgan fingerprint density at radius 2 is 1.81 bits per heavy atom. The van der Waals surface area contributed by atoms with Gasteiger partial charge in [-0.05, 0) is 11.1 Å². The minimum absolute atomic E-state index is 0.237. The van der Waals surface area contributed by atoms with Gasteiger partial charge < -0.3 is 20.1 Å². The summed E-state index contributed by atoms with van der Waals surface area (Å²) in [4.78, 5) is 4.91. The van der Waals surface area contributed by atoms with Gasteiger partial charge in [0.1, 0.15) is 6.10 Å². The molecule has 0 aromatic carbocycles. The van der Waals surface area contributed by atoms with E-state index in [1.807, 2.05) is 0 Å². The van der Waals surface area contributed by atoms with E-state index in [0.29, 0.717) is 0 Å². The molecule has 3 N–H and O–H groups in total. The van der Waals surface area contributed by atoms with Crippen molar-refractivity contribution in [2.45, 2.75) is 30.6 Å². The maximum Gasteiger partial charge on any atom is 0.181 e. The zero-order valence-corrected chi connectivity index (χ0v) is 8.03. The van der Waals surface area contributed by atoms with Crippen molar-refractivity contribution in [1.29, 1.82) is 0 Å². The van der Waals surface area contributed by atoms with Crippen molar-refractivity contribution in [1.82, 2.24) is 0 Å². The molecular formula is C6H10N6O4. The summed E-state index contributed by atoms with van der Waals surface area (Å²) >= 11 is 0. The molecule has 0 aromatic rings. The number of hydrogen-bond donors (Lipinski definition) is 3. The van der Waals surface area contributed by atoms with Gasteiger partial charge in [-0.15, -0.1) is 0 Å². The first-order chi connectivity index (χ1) is 7.61. The van der Waals surface area contributed by atoms with Crippen LogP contribution in [0.15, 0.2) is 10.2 Å². The van der Waals surface area contributed by atoms with Gasteiger partial charge in [-0.25, -0.2) is 0 Å². The van der Waals surface area contributed by atoms with Crippen LogP contribution in [0, 0.1) is 0 Å². The molecule has 0 spiro atoms. The highest BCUT2D eigenvalue weighted by molar-refractivity contribution is 4.94. The molecule has 0 amide bonds. The van der Waals surface area contributed by atoms with Gasteiger partial charge in [-0.1, -0.05) is 10.2 Å². The molecule has 10 nitrogen and oxygen atoms in total. The Bertz CT molecular complexity index is 338. The van der Waals surface area contributed by atoms with Crippen LogP contribution in [0.2, 0.25) is 0 Å². The van der Waals surface area contributed by atoms with Gasteiger partial charge in [0.25, 0.3) is 0 Å². The standard InChI is InChI=1S/C6H10N6O4/c7-11-9-1-2-4(13)3(10-12-8)5(14)6(15)16-2/h2-6,13-15H,1H2/t2-,3-,4+,5+,6-/m0/s1. The molecule has 0 aromatic heterocycles. The van der Waals surface area contributed by atoms with Crippen LogP contribution in [-0.4, -0.2) is 52.5 Å². The van der Waals surface area contributed by atoms with Gasteiger partial charge in [0.15, 0.2) is 6.29 Å². The summed E-state index contributed by atoms with van der Waals surface area (Å²) in [6, 6.07) is -1.24. The summed E-state index contributed by atoms with van der Waals surface area (Å²) in [5.74, 6) is 0. The number of azide groups is 2. The lowest BCUT2D eigenvalue weighted by Crippen LogP contribution is -2.57. The Labute approximate surface area is 89.3 Å². The van der Waals surface area contributed by atoms with Crippen molar-refractivity contribution in [3.8, 4) is 0 Å². The Morgan fingerprint density at radius 1 is 1.12 bits per heavy atom. The van der Waals surface area contributed by atoms with Crippen molar-refractivity contribution in [3.63, 3.8) is 0 Å². The predicted molar refractivity (Wildman–Crippen MR) is 49.8 cm³/mol. The highest BCUT2D eigenvalue weighted by Crippen LogP contribution is 2.22. The number of hydrogen-bond acceptors (Lipinski definition) is 6. The number of nitrogens with zero attached hydrogens (tertiary/aromatic N) is 6. The van der Waals surface area contributed by atoms with E-state index in [1.54, 1.807) is 0 Å². The van der Waals surface area contributed by atoms with E-state index in [0.717, 1.165) is 0 Å². The van der Waals surface area contributed by atoms with Crippen LogP contribution >= 0.6 is 0 Å². The first kappa shape index (κ1) is 12.5. The molecule has 0 unspecified atom stereocenters. The molecule has 1 rings (SSSR count). The Morgan fingerprint density at radius 3 is 2.38 bits per heavy atom. The first-order valence-electron chi connectivity index (χ1n) is 4.36.